The first-order valence-electron chi connectivity index (χ1n) is 14.3. The van der Waals surface area contributed by atoms with E-state index in [2.05, 4.69) is 26.9 Å². The maximum Gasteiger partial charge on any atom is 0.340 e. The van der Waals surface area contributed by atoms with Crippen LogP contribution in [0.4, 0.5) is 11.5 Å². The molecule has 9 heteroatoms. The van der Waals surface area contributed by atoms with Gasteiger partial charge in [0, 0.05) is 41.1 Å². The molecule has 4 aliphatic rings. The van der Waals surface area contributed by atoms with Gasteiger partial charge >= 0.3 is 11.9 Å². The quantitative estimate of drug-likeness (QED) is 0.259. The van der Waals surface area contributed by atoms with Gasteiger partial charge in [-0.3, -0.25) is 9.67 Å². The predicted octanol–water partition coefficient (Wildman–Crippen LogP) is 6.25. The summed E-state index contributed by atoms with van der Waals surface area (Å²) in [7, 11) is 1.36. The predicted molar refractivity (Wildman–Crippen MR) is 154 cm³/mol. The molecule has 4 fully saturated rings. The maximum absolute atomic E-state index is 13.3. The van der Waals surface area contributed by atoms with Crippen molar-refractivity contribution in [3.8, 4) is 11.1 Å². The van der Waals surface area contributed by atoms with E-state index in [-0.39, 0.29) is 11.4 Å². The van der Waals surface area contributed by atoms with Crippen LogP contribution in [0.25, 0.3) is 22.0 Å². The molecule has 0 spiro atoms. The Kier molecular flexibility index (Phi) is 6.06. The van der Waals surface area contributed by atoms with Crippen LogP contribution in [0.15, 0.2) is 48.9 Å². The number of carbonyl (C=O) groups is 2. The molecule has 8 rings (SSSR count). The number of hydrogen-bond donors (Lipinski definition) is 2. The van der Waals surface area contributed by atoms with E-state index in [0.29, 0.717) is 33.1 Å². The molecular weight excluding hydrogens is 518 g/mol. The summed E-state index contributed by atoms with van der Waals surface area (Å²) in [5, 5.41) is 18.2. The fraction of sp³-hybridized carbons (Fsp3) is 0.406. The largest absolute Gasteiger partial charge is 0.478 e. The second-order valence-corrected chi connectivity index (χ2v) is 12.3. The number of fused-ring (bicyclic) bond motifs is 1. The summed E-state index contributed by atoms with van der Waals surface area (Å²) in [6, 6.07) is 8.59. The Bertz CT molecular complexity index is 1660. The number of ether oxygens (including phenoxy) is 1. The number of nitrogens with zero attached hydrogens (tertiary/aromatic N) is 4. The number of anilines is 2. The second-order valence-electron chi connectivity index (χ2n) is 12.3. The molecule has 3 aromatic heterocycles. The summed E-state index contributed by atoms with van der Waals surface area (Å²) >= 11 is 0. The number of carboxylic acid groups (broad SMARTS) is 1. The molecule has 3 heterocycles. The third kappa shape index (κ3) is 4.34. The number of methoxy groups -OCH3 is 1. The monoisotopic (exact) mass is 551 g/mol. The van der Waals surface area contributed by atoms with Gasteiger partial charge in [-0.05, 0) is 86.8 Å². The van der Waals surface area contributed by atoms with Crippen molar-refractivity contribution in [2.24, 2.45) is 23.2 Å². The Morgan fingerprint density at radius 2 is 1.76 bits per heavy atom. The van der Waals surface area contributed by atoms with Crippen molar-refractivity contribution >= 4 is 34.3 Å². The summed E-state index contributed by atoms with van der Waals surface area (Å²) in [6.07, 6.45) is 13.1. The topological polar surface area (TPSA) is 119 Å². The van der Waals surface area contributed by atoms with E-state index in [0.717, 1.165) is 35.6 Å². The Balaban J connectivity index is 1.28. The number of pyridine rings is 2. The van der Waals surface area contributed by atoms with Gasteiger partial charge in [0.1, 0.15) is 11.4 Å². The zero-order valence-corrected chi connectivity index (χ0v) is 23.3. The first kappa shape index (κ1) is 25.7. The molecule has 1 aromatic carbocycles. The lowest BCUT2D eigenvalue weighted by Crippen LogP contribution is -2.48. The highest BCUT2D eigenvalue weighted by atomic mass is 16.5. The summed E-state index contributed by atoms with van der Waals surface area (Å²) in [4.78, 5) is 33.8. The molecule has 4 aliphatic carbocycles. The summed E-state index contributed by atoms with van der Waals surface area (Å²) in [6.45, 7) is 3.00. The van der Waals surface area contributed by atoms with Gasteiger partial charge in [-0.15, -0.1) is 0 Å². The van der Waals surface area contributed by atoms with E-state index in [4.69, 9.17) is 9.84 Å². The third-order valence-corrected chi connectivity index (χ3v) is 9.64. The number of benzene rings is 1. The van der Waals surface area contributed by atoms with Gasteiger partial charge < -0.3 is 15.2 Å². The number of rotatable bonds is 7. The van der Waals surface area contributed by atoms with Gasteiger partial charge in [0.2, 0.25) is 0 Å². The molecule has 4 saturated carbocycles. The molecule has 0 atom stereocenters. The van der Waals surface area contributed by atoms with Gasteiger partial charge in [-0.1, -0.05) is 12.1 Å². The SMILES string of the molecule is COC(=O)c1c(-c2cnn(CC34CC5CC(CC(C5)C3)C4)c2C)ccc2c(Nc3ncccc3C(=O)O)ccnc12. The third-order valence-electron chi connectivity index (χ3n) is 9.64. The molecule has 0 radical (unpaired) electrons. The van der Waals surface area contributed by atoms with Crippen LogP contribution in [0, 0.1) is 30.1 Å². The fourth-order valence-electron chi connectivity index (χ4n) is 8.34. The number of carbonyl (C=O) groups excluding carboxylic acids is 1. The van der Waals surface area contributed by atoms with E-state index in [1.807, 2.05) is 18.3 Å². The minimum absolute atomic E-state index is 0.0457. The van der Waals surface area contributed by atoms with Crippen LogP contribution in [0.2, 0.25) is 0 Å². The zero-order valence-electron chi connectivity index (χ0n) is 23.3. The number of aromatic carboxylic acids is 1. The molecule has 9 nitrogen and oxygen atoms in total. The van der Waals surface area contributed by atoms with Gasteiger partial charge in [-0.2, -0.15) is 5.10 Å². The zero-order chi connectivity index (χ0) is 28.3. The normalized spacial score (nSPS) is 24.5. The van der Waals surface area contributed by atoms with Crippen LogP contribution in [0.1, 0.15) is 64.9 Å². The molecule has 2 N–H and O–H groups in total. The van der Waals surface area contributed by atoms with Crippen LogP contribution >= 0.6 is 0 Å². The van der Waals surface area contributed by atoms with Crippen molar-refractivity contribution in [2.75, 3.05) is 12.4 Å². The van der Waals surface area contributed by atoms with Crippen LogP contribution in [0.3, 0.4) is 0 Å². The fourth-order valence-corrected chi connectivity index (χ4v) is 8.34. The molecule has 0 amide bonds. The second kappa shape index (κ2) is 9.68. The van der Waals surface area contributed by atoms with Crippen molar-refractivity contribution in [2.45, 2.75) is 52.0 Å². The van der Waals surface area contributed by atoms with Crippen LogP contribution < -0.4 is 5.32 Å². The van der Waals surface area contributed by atoms with E-state index < -0.39 is 11.9 Å². The Labute approximate surface area is 238 Å². The molecule has 0 unspecified atom stereocenters. The van der Waals surface area contributed by atoms with Gasteiger partial charge in [0.05, 0.1) is 30.1 Å². The van der Waals surface area contributed by atoms with Crippen molar-refractivity contribution in [3.05, 3.63) is 65.7 Å². The molecule has 41 heavy (non-hydrogen) atoms. The lowest BCUT2D eigenvalue weighted by molar-refractivity contribution is -0.0638. The maximum atomic E-state index is 13.3. The Morgan fingerprint density at radius 1 is 1.02 bits per heavy atom. The van der Waals surface area contributed by atoms with Crippen molar-refractivity contribution in [3.63, 3.8) is 0 Å². The average Bonchev–Trinajstić information content (AvgIpc) is 3.30. The Morgan fingerprint density at radius 3 is 2.44 bits per heavy atom. The first-order chi connectivity index (χ1) is 19.8. The van der Waals surface area contributed by atoms with Crippen LogP contribution in [0.5, 0.6) is 0 Å². The number of esters is 1. The highest BCUT2D eigenvalue weighted by molar-refractivity contribution is 6.11. The van der Waals surface area contributed by atoms with Crippen molar-refractivity contribution < 1.29 is 19.4 Å². The van der Waals surface area contributed by atoms with Crippen LogP contribution in [-0.4, -0.2) is 43.9 Å². The highest BCUT2D eigenvalue weighted by Crippen LogP contribution is 2.60. The minimum atomic E-state index is -1.09. The lowest BCUT2D eigenvalue weighted by Gasteiger charge is -2.56. The van der Waals surface area contributed by atoms with E-state index in [9.17, 15) is 14.7 Å². The standard InChI is InChI=1S/C32H33N5O4/c1-18-25(16-35-37(18)17-32-13-19-10-20(14-32)12-21(11-19)15-32)22-5-6-23-26(7-9-33-28(23)27(22)31(40)41-2)36-29-24(30(38)39)4-3-8-34-29/h3-9,16,19-21H,10-15,17H2,1-2H3,(H,38,39)(H,33,34,36). The van der Waals surface area contributed by atoms with E-state index in [1.54, 1.807) is 18.3 Å². The highest BCUT2D eigenvalue weighted by Gasteiger charge is 2.51. The van der Waals surface area contributed by atoms with Crippen molar-refractivity contribution in [1.82, 2.24) is 19.7 Å². The lowest BCUT2D eigenvalue weighted by atomic mass is 9.49. The molecule has 4 aromatic rings. The first-order valence-corrected chi connectivity index (χ1v) is 14.3. The van der Waals surface area contributed by atoms with E-state index >= 15 is 0 Å². The summed E-state index contributed by atoms with van der Waals surface area (Å²) < 4.78 is 7.38. The van der Waals surface area contributed by atoms with E-state index in [1.165, 1.54) is 57.9 Å². The molecule has 210 valence electrons. The summed E-state index contributed by atoms with van der Waals surface area (Å²) in [5.41, 5.74) is 4.40. The Hall–Kier alpha value is -4.27. The summed E-state index contributed by atoms with van der Waals surface area (Å²) in [5.74, 6) is 1.24. The van der Waals surface area contributed by atoms with Crippen LogP contribution in [-0.2, 0) is 11.3 Å². The molecule has 0 aliphatic heterocycles. The minimum Gasteiger partial charge on any atom is -0.478 e. The number of aromatic nitrogens is 4. The molecular formula is C32H33N5O4. The smallest absolute Gasteiger partial charge is 0.340 e. The van der Waals surface area contributed by atoms with Gasteiger partial charge in [0.25, 0.3) is 0 Å². The number of nitrogens with one attached hydrogen (secondary N) is 1. The molecule has 0 saturated heterocycles. The van der Waals surface area contributed by atoms with Gasteiger partial charge in [0.15, 0.2) is 0 Å². The average molecular weight is 552 g/mol. The van der Waals surface area contributed by atoms with Crippen molar-refractivity contribution in [1.29, 1.82) is 0 Å². The number of carboxylic acids is 1. The number of hydrogen-bond acceptors (Lipinski definition) is 7. The molecule has 4 bridgehead atoms. The van der Waals surface area contributed by atoms with Gasteiger partial charge in [-0.25, -0.2) is 14.6 Å².